The van der Waals surface area contributed by atoms with Gasteiger partial charge in [0.2, 0.25) is 5.91 Å². The Morgan fingerprint density at radius 3 is 2.65 bits per heavy atom. The lowest BCUT2D eigenvalue weighted by molar-refractivity contribution is -0.184. The van der Waals surface area contributed by atoms with E-state index in [4.69, 9.17) is 4.74 Å². The Hall–Kier alpha value is -0.860. The number of ether oxygens (including phenoxy) is 1. The maximum atomic E-state index is 13.1. The number of piperazine rings is 1. The van der Waals surface area contributed by atoms with Crippen LogP contribution < -0.4 is 10.6 Å². The fourth-order valence-corrected chi connectivity index (χ4v) is 2.54. The van der Waals surface area contributed by atoms with Crippen molar-refractivity contribution >= 4 is 5.91 Å². The summed E-state index contributed by atoms with van der Waals surface area (Å²) in [5.74, 6) is -0.438. The summed E-state index contributed by atoms with van der Waals surface area (Å²) in [7, 11) is 0. The highest BCUT2D eigenvalue weighted by atomic mass is 19.4. The third-order valence-corrected chi connectivity index (χ3v) is 3.66. The van der Waals surface area contributed by atoms with Crippen LogP contribution in [0.5, 0.6) is 0 Å². The molecule has 2 atom stereocenters. The maximum Gasteiger partial charge on any atom is 0.405 e. The Morgan fingerprint density at radius 2 is 2.10 bits per heavy atom. The van der Waals surface area contributed by atoms with Crippen molar-refractivity contribution in [3.63, 3.8) is 0 Å². The van der Waals surface area contributed by atoms with Crippen molar-refractivity contribution in [2.24, 2.45) is 0 Å². The van der Waals surface area contributed by atoms with Crippen LogP contribution in [0.4, 0.5) is 13.2 Å². The monoisotopic (exact) mass is 295 g/mol. The second-order valence-electron chi connectivity index (χ2n) is 5.09. The van der Waals surface area contributed by atoms with Crippen molar-refractivity contribution in [2.75, 3.05) is 39.3 Å². The third kappa shape index (κ3) is 4.07. The number of nitrogens with zero attached hydrogens (tertiary/aromatic N) is 1. The Labute approximate surface area is 115 Å². The number of carbonyl (C=O) groups is 1. The van der Waals surface area contributed by atoms with Crippen LogP contribution in [0.2, 0.25) is 0 Å². The normalized spacial score (nSPS) is 26.4. The molecular formula is C12H20F3N3O2. The molecule has 2 heterocycles. The van der Waals surface area contributed by atoms with Crippen LogP contribution in [0.3, 0.4) is 0 Å². The summed E-state index contributed by atoms with van der Waals surface area (Å²) in [5.41, 5.74) is 0. The van der Waals surface area contributed by atoms with E-state index in [1.54, 1.807) is 0 Å². The molecule has 2 aliphatic rings. The Balaban J connectivity index is 1.88. The molecular weight excluding hydrogens is 275 g/mol. The van der Waals surface area contributed by atoms with E-state index in [1.165, 1.54) is 4.90 Å². The second kappa shape index (κ2) is 6.73. The summed E-state index contributed by atoms with van der Waals surface area (Å²) in [6, 6.07) is -1.63. The van der Waals surface area contributed by atoms with Crippen molar-refractivity contribution in [3.05, 3.63) is 0 Å². The van der Waals surface area contributed by atoms with Gasteiger partial charge in [-0.3, -0.25) is 9.69 Å². The minimum Gasteiger partial charge on any atom is -0.368 e. The molecule has 0 spiro atoms. The van der Waals surface area contributed by atoms with E-state index in [0.29, 0.717) is 39.2 Å². The highest BCUT2D eigenvalue weighted by Gasteiger charge is 2.44. The van der Waals surface area contributed by atoms with Gasteiger partial charge in [-0.1, -0.05) is 0 Å². The van der Waals surface area contributed by atoms with E-state index in [9.17, 15) is 18.0 Å². The van der Waals surface area contributed by atoms with Crippen LogP contribution in [0.1, 0.15) is 12.8 Å². The van der Waals surface area contributed by atoms with Gasteiger partial charge in [0, 0.05) is 39.3 Å². The van der Waals surface area contributed by atoms with E-state index in [2.05, 4.69) is 10.6 Å². The first-order valence-corrected chi connectivity index (χ1v) is 6.89. The maximum absolute atomic E-state index is 13.1. The van der Waals surface area contributed by atoms with Crippen LogP contribution in [0, 0.1) is 0 Å². The summed E-state index contributed by atoms with van der Waals surface area (Å²) in [6.07, 6.45) is -3.58. The zero-order valence-corrected chi connectivity index (χ0v) is 11.2. The highest BCUT2D eigenvalue weighted by Crippen LogP contribution is 2.25. The molecule has 2 rings (SSSR count). The lowest BCUT2D eigenvalue weighted by Gasteiger charge is -2.36. The molecule has 116 valence electrons. The van der Waals surface area contributed by atoms with Crippen molar-refractivity contribution in [1.82, 2.24) is 15.5 Å². The largest absolute Gasteiger partial charge is 0.405 e. The second-order valence-corrected chi connectivity index (χ2v) is 5.09. The lowest BCUT2D eigenvalue weighted by atomic mass is 10.2. The van der Waals surface area contributed by atoms with Gasteiger partial charge in [0.05, 0.1) is 0 Å². The molecule has 8 heteroatoms. The quantitative estimate of drug-likeness (QED) is 0.773. The summed E-state index contributed by atoms with van der Waals surface area (Å²) in [5, 5.41) is 5.40. The van der Waals surface area contributed by atoms with Crippen molar-refractivity contribution in [1.29, 1.82) is 0 Å². The smallest absolute Gasteiger partial charge is 0.368 e. The number of rotatable bonds is 4. The third-order valence-electron chi connectivity index (χ3n) is 3.66. The molecule has 0 aliphatic carbocycles. The molecule has 1 amide bonds. The average molecular weight is 295 g/mol. The van der Waals surface area contributed by atoms with Gasteiger partial charge in [-0.25, -0.2) is 0 Å². The molecule has 5 nitrogen and oxygen atoms in total. The first-order chi connectivity index (χ1) is 9.48. The zero-order valence-electron chi connectivity index (χ0n) is 11.2. The minimum atomic E-state index is -4.35. The number of amides is 1. The number of nitrogens with one attached hydrogen (secondary N) is 2. The molecule has 2 N–H and O–H groups in total. The number of halogens is 3. The molecule has 0 aromatic rings. The summed E-state index contributed by atoms with van der Waals surface area (Å²) < 4.78 is 44.4. The van der Waals surface area contributed by atoms with Crippen LogP contribution in [-0.2, 0) is 9.53 Å². The van der Waals surface area contributed by atoms with E-state index in [0.717, 1.165) is 6.42 Å². The van der Waals surface area contributed by atoms with Gasteiger partial charge in [-0.15, -0.1) is 0 Å². The van der Waals surface area contributed by atoms with E-state index in [-0.39, 0.29) is 0 Å². The molecule has 0 radical (unpaired) electrons. The Morgan fingerprint density at radius 1 is 1.40 bits per heavy atom. The predicted octanol–water partition coefficient (Wildman–Crippen LogP) is 0.118. The van der Waals surface area contributed by atoms with Gasteiger partial charge < -0.3 is 15.4 Å². The number of hydrogen-bond acceptors (Lipinski definition) is 4. The van der Waals surface area contributed by atoms with Gasteiger partial charge in [0.1, 0.15) is 12.1 Å². The lowest BCUT2D eigenvalue weighted by Crippen LogP contribution is -2.58. The van der Waals surface area contributed by atoms with Crippen LogP contribution in [-0.4, -0.2) is 68.5 Å². The Bertz CT molecular complexity index is 326. The number of hydrogen-bond donors (Lipinski definition) is 2. The van der Waals surface area contributed by atoms with Gasteiger partial charge in [-0.2, -0.15) is 13.2 Å². The van der Waals surface area contributed by atoms with E-state index >= 15 is 0 Å². The standard InChI is InChI=1S/C12H20F3N3O2/c13-12(14,15)10(18-5-3-16-4-6-18)8-17-11(19)9-2-1-7-20-9/h9-10,16H,1-8H2,(H,17,19). The van der Waals surface area contributed by atoms with Crippen molar-refractivity contribution in [2.45, 2.75) is 31.2 Å². The zero-order chi connectivity index (χ0) is 14.6. The summed E-state index contributed by atoms with van der Waals surface area (Å²) in [6.45, 7) is 1.82. The molecule has 2 saturated heterocycles. The van der Waals surface area contributed by atoms with Crippen LogP contribution in [0.15, 0.2) is 0 Å². The fraction of sp³-hybridized carbons (Fsp3) is 0.917. The number of alkyl halides is 3. The molecule has 0 aromatic carbocycles. The summed E-state index contributed by atoms with van der Waals surface area (Å²) in [4.78, 5) is 13.1. The molecule has 20 heavy (non-hydrogen) atoms. The fourth-order valence-electron chi connectivity index (χ4n) is 2.54. The summed E-state index contributed by atoms with van der Waals surface area (Å²) >= 11 is 0. The highest BCUT2D eigenvalue weighted by molar-refractivity contribution is 5.80. The van der Waals surface area contributed by atoms with Crippen molar-refractivity contribution in [3.8, 4) is 0 Å². The SMILES string of the molecule is O=C(NCC(N1CCNCC1)C(F)(F)F)C1CCCO1. The first kappa shape index (κ1) is 15.5. The molecule has 2 aliphatic heterocycles. The molecule has 0 aromatic heterocycles. The van der Waals surface area contributed by atoms with Crippen LogP contribution in [0.25, 0.3) is 0 Å². The van der Waals surface area contributed by atoms with E-state index in [1.807, 2.05) is 0 Å². The molecule has 0 bridgehead atoms. The van der Waals surface area contributed by atoms with Gasteiger partial charge in [-0.05, 0) is 12.8 Å². The average Bonchev–Trinajstić information content (AvgIpc) is 2.92. The van der Waals surface area contributed by atoms with Gasteiger partial charge >= 0.3 is 6.18 Å². The Kier molecular flexibility index (Phi) is 5.22. The molecule has 2 fully saturated rings. The molecule has 0 saturated carbocycles. The molecule has 2 unspecified atom stereocenters. The minimum absolute atomic E-state index is 0.333. The number of carbonyl (C=O) groups excluding carboxylic acids is 1. The predicted molar refractivity (Wildman–Crippen MR) is 66.3 cm³/mol. The van der Waals surface area contributed by atoms with Gasteiger partial charge in [0.25, 0.3) is 0 Å². The first-order valence-electron chi connectivity index (χ1n) is 6.89. The van der Waals surface area contributed by atoms with E-state index < -0.39 is 30.8 Å². The topological polar surface area (TPSA) is 53.6 Å². The van der Waals surface area contributed by atoms with Crippen LogP contribution >= 0.6 is 0 Å². The van der Waals surface area contributed by atoms with Crippen molar-refractivity contribution < 1.29 is 22.7 Å². The van der Waals surface area contributed by atoms with Gasteiger partial charge in [0.15, 0.2) is 0 Å².